The van der Waals surface area contributed by atoms with Crippen LogP contribution in [0.3, 0.4) is 0 Å². The van der Waals surface area contributed by atoms with E-state index in [1.54, 1.807) is 0 Å². The largest absolute Gasteiger partial charge is 0.398 e. The predicted octanol–water partition coefficient (Wildman–Crippen LogP) is 1.16. The number of pyridine rings is 1. The standard InChI is InChI=1S/C13H14N2O2/c14-13-8-3-1-2-4-9(8)15-10-5-7(16)6-11(17)12(10)13/h1-4,7,11,16-17H,5-6H2,(H2,14,15)/t7-,11-/m0/s1. The number of hydrogen-bond donors (Lipinski definition) is 3. The lowest BCUT2D eigenvalue weighted by Crippen LogP contribution is -2.24. The van der Waals surface area contributed by atoms with Crippen molar-refractivity contribution in [1.29, 1.82) is 0 Å². The van der Waals surface area contributed by atoms with Crippen molar-refractivity contribution in [2.24, 2.45) is 0 Å². The summed E-state index contributed by atoms with van der Waals surface area (Å²) < 4.78 is 0. The summed E-state index contributed by atoms with van der Waals surface area (Å²) in [5.41, 5.74) is 8.90. The van der Waals surface area contributed by atoms with Crippen LogP contribution in [0.4, 0.5) is 5.69 Å². The quantitative estimate of drug-likeness (QED) is 0.634. The average molecular weight is 230 g/mol. The van der Waals surface area contributed by atoms with E-state index in [9.17, 15) is 10.2 Å². The van der Waals surface area contributed by atoms with Crippen LogP contribution in [-0.2, 0) is 6.42 Å². The summed E-state index contributed by atoms with van der Waals surface area (Å²) in [5, 5.41) is 20.5. The van der Waals surface area contributed by atoms with Crippen LogP contribution in [-0.4, -0.2) is 21.3 Å². The molecule has 1 aromatic heterocycles. The van der Waals surface area contributed by atoms with Gasteiger partial charge in [-0.1, -0.05) is 18.2 Å². The maximum Gasteiger partial charge on any atom is 0.0852 e. The van der Waals surface area contributed by atoms with E-state index in [1.807, 2.05) is 24.3 Å². The Bertz CT molecular complexity index is 583. The first-order valence-corrected chi connectivity index (χ1v) is 5.70. The molecule has 0 aliphatic heterocycles. The lowest BCUT2D eigenvalue weighted by Gasteiger charge is -2.26. The van der Waals surface area contributed by atoms with Crippen molar-refractivity contribution in [3.8, 4) is 0 Å². The van der Waals surface area contributed by atoms with Crippen LogP contribution in [0.2, 0.25) is 0 Å². The molecule has 3 rings (SSSR count). The highest BCUT2D eigenvalue weighted by Gasteiger charge is 2.28. The van der Waals surface area contributed by atoms with Gasteiger partial charge in [-0.3, -0.25) is 4.98 Å². The molecule has 1 aromatic carbocycles. The summed E-state index contributed by atoms with van der Waals surface area (Å²) in [6, 6.07) is 7.59. The van der Waals surface area contributed by atoms with Gasteiger partial charge in [0.2, 0.25) is 0 Å². The van der Waals surface area contributed by atoms with E-state index in [0.717, 1.165) is 10.9 Å². The van der Waals surface area contributed by atoms with Crippen molar-refractivity contribution in [2.75, 3.05) is 5.73 Å². The zero-order chi connectivity index (χ0) is 12.0. The van der Waals surface area contributed by atoms with Gasteiger partial charge in [0.15, 0.2) is 0 Å². The highest BCUT2D eigenvalue weighted by Crippen LogP contribution is 2.36. The number of nitrogens with zero attached hydrogens (tertiary/aromatic N) is 1. The van der Waals surface area contributed by atoms with Gasteiger partial charge < -0.3 is 15.9 Å². The maximum absolute atomic E-state index is 9.99. The summed E-state index contributed by atoms with van der Waals surface area (Å²) in [5.74, 6) is 0. The van der Waals surface area contributed by atoms with Crippen LogP contribution in [0.1, 0.15) is 23.8 Å². The average Bonchev–Trinajstić information content (AvgIpc) is 2.28. The first kappa shape index (κ1) is 10.5. The Morgan fingerprint density at radius 2 is 2.00 bits per heavy atom. The summed E-state index contributed by atoms with van der Waals surface area (Å²) in [6.45, 7) is 0. The summed E-state index contributed by atoms with van der Waals surface area (Å²) in [4.78, 5) is 4.48. The number of hydrogen-bond acceptors (Lipinski definition) is 4. The molecule has 1 heterocycles. The predicted molar refractivity (Wildman–Crippen MR) is 65.4 cm³/mol. The lowest BCUT2D eigenvalue weighted by atomic mass is 9.89. The third-order valence-corrected chi connectivity index (χ3v) is 3.31. The zero-order valence-corrected chi connectivity index (χ0v) is 9.30. The molecule has 88 valence electrons. The molecule has 0 amide bonds. The van der Waals surface area contributed by atoms with Crippen molar-refractivity contribution < 1.29 is 10.2 Å². The van der Waals surface area contributed by atoms with Crippen molar-refractivity contribution in [3.63, 3.8) is 0 Å². The Balaban J connectivity index is 2.31. The second-order valence-corrected chi connectivity index (χ2v) is 4.51. The minimum Gasteiger partial charge on any atom is -0.398 e. The van der Waals surface area contributed by atoms with E-state index >= 15 is 0 Å². The fraction of sp³-hybridized carbons (Fsp3) is 0.308. The molecule has 17 heavy (non-hydrogen) atoms. The van der Waals surface area contributed by atoms with Gasteiger partial charge in [0.1, 0.15) is 0 Å². The van der Waals surface area contributed by atoms with Crippen molar-refractivity contribution in [3.05, 3.63) is 35.5 Å². The topological polar surface area (TPSA) is 79.4 Å². The van der Waals surface area contributed by atoms with Gasteiger partial charge in [-0.15, -0.1) is 0 Å². The fourth-order valence-electron chi connectivity index (χ4n) is 2.51. The van der Waals surface area contributed by atoms with E-state index in [0.29, 0.717) is 29.8 Å². The SMILES string of the molecule is Nc1c2c(nc3ccccc13)C[C@H](O)C[C@@H]2O. The van der Waals surface area contributed by atoms with Crippen molar-refractivity contribution >= 4 is 16.6 Å². The second-order valence-electron chi connectivity index (χ2n) is 4.51. The van der Waals surface area contributed by atoms with Crippen LogP contribution >= 0.6 is 0 Å². The van der Waals surface area contributed by atoms with E-state index in [1.165, 1.54) is 0 Å². The van der Waals surface area contributed by atoms with Gasteiger partial charge in [0.25, 0.3) is 0 Å². The normalized spacial score (nSPS) is 23.6. The smallest absolute Gasteiger partial charge is 0.0852 e. The monoisotopic (exact) mass is 230 g/mol. The molecule has 4 nitrogen and oxygen atoms in total. The van der Waals surface area contributed by atoms with E-state index in [-0.39, 0.29) is 0 Å². The molecule has 2 aromatic rings. The molecular formula is C13H14N2O2. The lowest BCUT2D eigenvalue weighted by molar-refractivity contribution is 0.0676. The number of benzene rings is 1. The van der Waals surface area contributed by atoms with Crippen LogP contribution in [0, 0.1) is 0 Å². The first-order valence-electron chi connectivity index (χ1n) is 5.70. The third kappa shape index (κ3) is 1.57. The van der Waals surface area contributed by atoms with Crippen LogP contribution < -0.4 is 5.73 Å². The van der Waals surface area contributed by atoms with Crippen LogP contribution in [0.25, 0.3) is 10.9 Å². The highest BCUT2D eigenvalue weighted by atomic mass is 16.3. The number of aromatic nitrogens is 1. The Morgan fingerprint density at radius 3 is 2.82 bits per heavy atom. The Labute approximate surface area is 98.7 Å². The number of nitrogens with two attached hydrogens (primary N) is 1. The highest BCUT2D eigenvalue weighted by molar-refractivity contribution is 5.92. The Hall–Kier alpha value is -1.65. The molecule has 0 saturated heterocycles. The molecule has 4 N–H and O–H groups in total. The Morgan fingerprint density at radius 1 is 1.24 bits per heavy atom. The molecule has 0 saturated carbocycles. The molecule has 0 radical (unpaired) electrons. The fourth-order valence-corrected chi connectivity index (χ4v) is 2.51. The molecule has 2 atom stereocenters. The molecule has 0 spiro atoms. The van der Waals surface area contributed by atoms with Gasteiger partial charge in [0, 0.05) is 29.5 Å². The minimum atomic E-state index is -0.717. The summed E-state index contributed by atoms with van der Waals surface area (Å²) in [6.07, 6.45) is -0.463. The molecular weight excluding hydrogens is 216 g/mol. The molecule has 1 aliphatic carbocycles. The maximum atomic E-state index is 9.99. The number of aliphatic hydroxyl groups is 2. The zero-order valence-electron chi connectivity index (χ0n) is 9.30. The van der Waals surface area contributed by atoms with E-state index in [4.69, 9.17) is 5.73 Å². The van der Waals surface area contributed by atoms with Crippen molar-refractivity contribution in [1.82, 2.24) is 4.98 Å². The van der Waals surface area contributed by atoms with Crippen LogP contribution in [0.15, 0.2) is 24.3 Å². The van der Waals surface area contributed by atoms with E-state index in [2.05, 4.69) is 4.98 Å². The third-order valence-electron chi connectivity index (χ3n) is 3.31. The molecule has 4 heteroatoms. The van der Waals surface area contributed by atoms with Gasteiger partial charge in [-0.25, -0.2) is 0 Å². The number of para-hydroxylation sites is 1. The minimum absolute atomic E-state index is 0.331. The summed E-state index contributed by atoms with van der Waals surface area (Å²) in [7, 11) is 0. The molecule has 1 aliphatic rings. The molecule has 0 bridgehead atoms. The van der Waals surface area contributed by atoms with Crippen LogP contribution in [0.5, 0.6) is 0 Å². The number of aliphatic hydroxyl groups excluding tert-OH is 2. The second kappa shape index (κ2) is 3.68. The Kier molecular flexibility index (Phi) is 2.28. The van der Waals surface area contributed by atoms with Crippen molar-refractivity contribution in [2.45, 2.75) is 25.0 Å². The van der Waals surface area contributed by atoms with E-state index < -0.39 is 12.2 Å². The molecule has 0 unspecified atom stereocenters. The number of nitrogen functional groups attached to an aromatic ring is 1. The van der Waals surface area contributed by atoms with Gasteiger partial charge in [0.05, 0.1) is 23.4 Å². The summed E-state index contributed by atoms with van der Waals surface area (Å²) >= 11 is 0. The van der Waals surface area contributed by atoms with Gasteiger partial charge in [-0.2, -0.15) is 0 Å². The molecule has 0 fully saturated rings. The number of fused-ring (bicyclic) bond motifs is 2. The van der Waals surface area contributed by atoms with Gasteiger partial charge in [-0.05, 0) is 6.07 Å². The number of anilines is 1. The van der Waals surface area contributed by atoms with Gasteiger partial charge >= 0.3 is 0 Å². The number of rotatable bonds is 0. The first-order chi connectivity index (χ1) is 8.16.